The van der Waals surface area contributed by atoms with E-state index in [1.54, 1.807) is 0 Å². The molecule has 0 aromatic heterocycles. The van der Waals surface area contributed by atoms with Crippen LogP contribution in [-0.2, 0) is 26.0 Å². The Hall–Kier alpha value is -1.59. The Kier molecular flexibility index (Phi) is 5.22. The summed E-state index contributed by atoms with van der Waals surface area (Å²) in [5.41, 5.74) is -1.30. The van der Waals surface area contributed by atoms with Crippen LogP contribution >= 0.6 is 15.9 Å². The molecule has 0 unspecified atom stereocenters. The van der Waals surface area contributed by atoms with Crippen molar-refractivity contribution in [1.29, 1.82) is 0 Å². The molecule has 0 radical (unpaired) electrons. The minimum Gasteiger partial charge on any atom is -0.280 e. The van der Waals surface area contributed by atoms with Gasteiger partial charge in [-0.25, -0.2) is 16.8 Å². The van der Waals surface area contributed by atoms with E-state index in [-0.39, 0.29) is 20.0 Å². The predicted octanol–water partition coefficient (Wildman–Crippen LogP) is 3.67. The van der Waals surface area contributed by atoms with Crippen LogP contribution < -0.4 is 4.72 Å². The number of sulfone groups is 1. The van der Waals surface area contributed by atoms with Gasteiger partial charge in [-0.3, -0.25) is 4.72 Å². The number of anilines is 1. The molecule has 25 heavy (non-hydrogen) atoms. The molecular formula is C14H11BrF3NO4S2. The molecule has 0 atom stereocenters. The first-order valence-electron chi connectivity index (χ1n) is 6.50. The highest BCUT2D eigenvalue weighted by molar-refractivity contribution is 9.10. The van der Waals surface area contributed by atoms with Gasteiger partial charge in [0.25, 0.3) is 10.0 Å². The SMILES string of the molecule is CS(=O)(=O)c1ccc(S(=O)(=O)Nc2ccc(Br)c(C(F)(F)F)c2)cc1. The van der Waals surface area contributed by atoms with Crippen molar-refractivity contribution in [2.24, 2.45) is 0 Å². The molecule has 0 aliphatic carbocycles. The van der Waals surface area contributed by atoms with Gasteiger partial charge in [0, 0.05) is 16.4 Å². The molecule has 2 aromatic carbocycles. The van der Waals surface area contributed by atoms with E-state index in [1.165, 1.54) is 6.07 Å². The Bertz CT molecular complexity index is 1000. The van der Waals surface area contributed by atoms with E-state index in [9.17, 15) is 30.0 Å². The lowest BCUT2D eigenvalue weighted by molar-refractivity contribution is -0.138. The summed E-state index contributed by atoms with van der Waals surface area (Å²) in [4.78, 5) is -0.356. The molecule has 0 amide bonds. The van der Waals surface area contributed by atoms with Crippen molar-refractivity contribution in [2.75, 3.05) is 11.0 Å². The average molecular weight is 458 g/mol. The van der Waals surface area contributed by atoms with Crippen molar-refractivity contribution in [3.05, 3.63) is 52.5 Å². The second-order valence-electron chi connectivity index (χ2n) is 5.04. The van der Waals surface area contributed by atoms with Gasteiger partial charge in [0.2, 0.25) is 0 Å². The normalized spacial score (nSPS) is 12.8. The third-order valence-corrected chi connectivity index (χ3v) is 6.30. The molecular weight excluding hydrogens is 447 g/mol. The molecule has 0 fully saturated rings. The summed E-state index contributed by atoms with van der Waals surface area (Å²) in [6, 6.07) is 7.23. The third kappa shape index (κ3) is 4.73. The first kappa shape index (κ1) is 19.7. The molecule has 0 bridgehead atoms. The summed E-state index contributed by atoms with van der Waals surface area (Å²) >= 11 is 2.76. The van der Waals surface area contributed by atoms with Gasteiger partial charge in [-0.1, -0.05) is 15.9 Å². The number of benzene rings is 2. The van der Waals surface area contributed by atoms with E-state index in [0.29, 0.717) is 6.07 Å². The second-order valence-corrected chi connectivity index (χ2v) is 9.59. The summed E-state index contributed by atoms with van der Waals surface area (Å²) in [6.45, 7) is 0. The van der Waals surface area contributed by atoms with Gasteiger partial charge in [-0.2, -0.15) is 13.2 Å². The van der Waals surface area contributed by atoms with Crippen molar-refractivity contribution in [1.82, 2.24) is 0 Å². The minimum absolute atomic E-state index is 0.0746. The highest BCUT2D eigenvalue weighted by Crippen LogP contribution is 2.36. The monoisotopic (exact) mass is 457 g/mol. The van der Waals surface area contributed by atoms with Crippen molar-refractivity contribution >= 4 is 41.5 Å². The van der Waals surface area contributed by atoms with Gasteiger partial charge in [-0.05, 0) is 42.5 Å². The molecule has 11 heteroatoms. The number of nitrogens with one attached hydrogen (secondary N) is 1. The molecule has 0 saturated carbocycles. The summed E-state index contributed by atoms with van der Waals surface area (Å²) in [6.07, 6.45) is -3.69. The van der Waals surface area contributed by atoms with Crippen LogP contribution in [-0.4, -0.2) is 23.1 Å². The quantitative estimate of drug-likeness (QED) is 0.759. The Morgan fingerprint density at radius 1 is 0.920 bits per heavy atom. The van der Waals surface area contributed by atoms with Gasteiger partial charge in [0.1, 0.15) is 0 Å². The van der Waals surface area contributed by atoms with Gasteiger partial charge in [-0.15, -0.1) is 0 Å². The zero-order chi connectivity index (χ0) is 19.0. The van der Waals surface area contributed by atoms with Crippen LogP contribution in [0.5, 0.6) is 0 Å². The summed E-state index contributed by atoms with van der Waals surface area (Å²) < 4.78 is 87.7. The average Bonchev–Trinajstić information content (AvgIpc) is 2.47. The van der Waals surface area contributed by atoms with Crippen molar-refractivity contribution in [3.8, 4) is 0 Å². The smallest absolute Gasteiger partial charge is 0.280 e. The fraction of sp³-hybridized carbons (Fsp3) is 0.143. The molecule has 0 aliphatic heterocycles. The number of hydrogen-bond acceptors (Lipinski definition) is 4. The minimum atomic E-state index is -4.66. The van der Waals surface area contributed by atoms with Crippen molar-refractivity contribution in [2.45, 2.75) is 16.0 Å². The Balaban J connectivity index is 2.36. The van der Waals surface area contributed by atoms with E-state index >= 15 is 0 Å². The largest absolute Gasteiger partial charge is 0.417 e. The zero-order valence-electron chi connectivity index (χ0n) is 12.5. The number of hydrogen-bond donors (Lipinski definition) is 1. The predicted molar refractivity (Wildman–Crippen MR) is 89.5 cm³/mol. The lowest BCUT2D eigenvalue weighted by atomic mass is 10.2. The standard InChI is InChI=1S/C14H11BrF3NO4S2/c1-24(20,21)10-3-5-11(6-4-10)25(22,23)19-9-2-7-13(15)12(8-9)14(16,17)18/h2-8,19H,1H3. The van der Waals surface area contributed by atoms with E-state index in [1.807, 2.05) is 4.72 Å². The van der Waals surface area contributed by atoms with Crippen LogP contribution in [0.4, 0.5) is 18.9 Å². The second kappa shape index (κ2) is 6.61. The molecule has 2 rings (SSSR count). The first-order valence-corrected chi connectivity index (χ1v) is 10.7. The van der Waals surface area contributed by atoms with Gasteiger partial charge in [0.15, 0.2) is 9.84 Å². The fourth-order valence-electron chi connectivity index (χ4n) is 1.89. The molecule has 0 saturated heterocycles. The Labute approximate surface area is 151 Å². The van der Waals surface area contributed by atoms with Gasteiger partial charge in [0.05, 0.1) is 15.4 Å². The summed E-state index contributed by atoms with van der Waals surface area (Å²) in [5, 5.41) is 0. The fourth-order valence-corrected chi connectivity index (χ4v) is 4.04. The molecule has 2 aromatic rings. The molecule has 0 heterocycles. The maximum absolute atomic E-state index is 12.9. The van der Waals surface area contributed by atoms with Crippen LogP contribution in [0.1, 0.15) is 5.56 Å². The number of rotatable bonds is 4. The third-order valence-electron chi connectivity index (χ3n) is 3.09. The van der Waals surface area contributed by atoms with Crippen LogP contribution in [0.25, 0.3) is 0 Å². The highest BCUT2D eigenvalue weighted by atomic mass is 79.9. The maximum atomic E-state index is 12.9. The van der Waals surface area contributed by atoms with Crippen LogP contribution in [0.2, 0.25) is 0 Å². The van der Waals surface area contributed by atoms with E-state index in [2.05, 4.69) is 15.9 Å². The number of sulfonamides is 1. The number of alkyl halides is 3. The molecule has 136 valence electrons. The highest BCUT2D eigenvalue weighted by Gasteiger charge is 2.33. The molecule has 1 N–H and O–H groups in total. The van der Waals surface area contributed by atoms with Gasteiger partial charge < -0.3 is 0 Å². The summed E-state index contributed by atoms with van der Waals surface area (Å²) in [5.74, 6) is 0. The lowest BCUT2D eigenvalue weighted by Gasteiger charge is -2.13. The van der Waals surface area contributed by atoms with Crippen LogP contribution in [0.3, 0.4) is 0 Å². The molecule has 0 aliphatic rings. The molecule has 5 nitrogen and oxygen atoms in total. The maximum Gasteiger partial charge on any atom is 0.417 e. The Morgan fingerprint density at radius 2 is 1.44 bits per heavy atom. The zero-order valence-corrected chi connectivity index (χ0v) is 15.7. The van der Waals surface area contributed by atoms with Crippen LogP contribution in [0, 0.1) is 0 Å². The molecule has 0 spiro atoms. The number of halogens is 4. The topological polar surface area (TPSA) is 80.3 Å². The van der Waals surface area contributed by atoms with Gasteiger partial charge >= 0.3 is 6.18 Å². The Morgan fingerprint density at radius 3 is 1.92 bits per heavy atom. The van der Waals surface area contributed by atoms with E-state index < -0.39 is 31.6 Å². The van der Waals surface area contributed by atoms with E-state index in [4.69, 9.17) is 0 Å². The summed E-state index contributed by atoms with van der Waals surface area (Å²) in [7, 11) is -7.67. The van der Waals surface area contributed by atoms with Crippen molar-refractivity contribution < 1.29 is 30.0 Å². The van der Waals surface area contributed by atoms with Crippen LogP contribution in [0.15, 0.2) is 56.7 Å². The van der Waals surface area contributed by atoms with Crippen molar-refractivity contribution in [3.63, 3.8) is 0 Å². The first-order chi connectivity index (χ1) is 11.3. The van der Waals surface area contributed by atoms with E-state index in [0.717, 1.165) is 36.6 Å². The lowest BCUT2D eigenvalue weighted by Crippen LogP contribution is -2.14.